The van der Waals surface area contributed by atoms with E-state index in [1.54, 1.807) is 4.90 Å². The van der Waals surface area contributed by atoms with Crippen LogP contribution in [0.25, 0.3) is 0 Å². The molecule has 19 heavy (non-hydrogen) atoms. The quantitative estimate of drug-likeness (QED) is 0.590. The molecule has 1 N–H and O–H groups in total. The second-order valence-electron chi connectivity index (χ2n) is 4.65. The minimum absolute atomic E-state index is 0.00541. The van der Waals surface area contributed by atoms with E-state index in [0.717, 1.165) is 14.7 Å². The molecule has 1 fully saturated rings. The zero-order valence-electron chi connectivity index (χ0n) is 10.4. The maximum absolute atomic E-state index is 12.4. The summed E-state index contributed by atoms with van der Waals surface area (Å²) in [5.74, 6) is 0.101. The molecular formula is C13H14Br2N2O2. The van der Waals surface area contributed by atoms with E-state index < -0.39 is 0 Å². The lowest BCUT2D eigenvalue weighted by molar-refractivity contribution is 0.0734. The average molecular weight is 390 g/mol. The van der Waals surface area contributed by atoms with Crippen LogP contribution in [0.5, 0.6) is 0 Å². The van der Waals surface area contributed by atoms with E-state index in [9.17, 15) is 4.79 Å². The molecule has 102 valence electrons. The Hall–Kier alpha value is -0.880. The standard InChI is InChI=1S/C13H14Br2N2O2/c1-8-7-17(3-2-12(8)16-19)13(18)9-4-10(14)6-11(15)5-9/h4-6,8,19H,2-3,7H2,1H3/b16-12+. The van der Waals surface area contributed by atoms with Crippen molar-refractivity contribution in [3.05, 3.63) is 32.7 Å². The summed E-state index contributed by atoms with van der Waals surface area (Å²) in [4.78, 5) is 14.2. The van der Waals surface area contributed by atoms with E-state index in [0.29, 0.717) is 25.1 Å². The monoisotopic (exact) mass is 388 g/mol. The molecule has 6 heteroatoms. The highest BCUT2D eigenvalue weighted by molar-refractivity contribution is 9.11. The maximum Gasteiger partial charge on any atom is 0.253 e. The van der Waals surface area contributed by atoms with Gasteiger partial charge in [0.2, 0.25) is 0 Å². The van der Waals surface area contributed by atoms with Crippen LogP contribution >= 0.6 is 31.9 Å². The van der Waals surface area contributed by atoms with Crippen LogP contribution in [0.4, 0.5) is 0 Å². The van der Waals surface area contributed by atoms with Crippen LogP contribution in [0.1, 0.15) is 23.7 Å². The lowest BCUT2D eigenvalue weighted by Crippen LogP contribution is -2.43. The molecule has 0 saturated carbocycles. The predicted octanol–water partition coefficient (Wildman–Crippen LogP) is 3.52. The number of rotatable bonds is 1. The number of piperidine rings is 1. The van der Waals surface area contributed by atoms with E-state index in [-0.39, 0.29) is 11.8 Å². The highest BCUT2D eigenvalue weighted by Crippen LogP contribution is 2.23. The molecule has 1 saturated heterocycles. The number of hydrogen-bond acceptors (Lipinski definition) is 3. The number of likely N-dealkylation sites (tertiary alicyclic amines) is 1. The summed E-state index contributed by atoms with van der Waals surface area (Å²) in [7, 11) is 0. The molecule has 1 aromatic carbocycles. The van der Waals surface area contributed by atoms with E-state index in [4.69, 9.17) is 5.21 Å². The number of carbonyl (C=O) groups is 1. The molecule has 0 radical (unpaired) electrons. The van der Waals surface area contributed by atoms with E-state index in [1.807, 2.05) is 25.1 Å². The average Bonchev–Trinajstić information content (AvgIpc) is 2.36. The van der Waals surface area contributed by atoms with Gasteiger partial charge >= 0.3 is 0 Å². The Morgan fingerprint density at radius 1 is 1.37 bits per heavy atom. The molecule has 1 atom stereocenters. The van der Waals surface area contributed by atoms with Crippen molar-refractivity contribution in [2.24, 2.45) is 11.1 Å². The van der Waals surface area contributed by atoms with Gasteiger partial charge in [0.05, 0.1) is 5.71 Å². The number of carbonyl (C=O) groups excluding carboxylic acids is 1. The Morgan fingerprint density at radius 3 is 2.53 bits per heavy atom. The van der Waals surface area contributed by atoms with Crippen LogP contribution in [0.15, 0.2) is 32.3 Å². The highest BCUT2D eigenvalue weighted by Gasteiger charge is 2.26. The molecule has 1 aliphatic heterocycles. The van der Waals surface area contributed by atoms with Crippen molar-refractivity contribution in [2.75, 3.05) is 13.1 Å². The van der Waals surface area contributed by atoms with Crippen LogP contribution in [0.3, 0.4) is 0 Å². The van der Waals surface area contributed by atoms with Crippen LogP contribution in [-0.2, 0) is 0 Å². The molecule has 1 unspecified atom stereocenters. The van der Waals surface area contributed by atoms with Gasteiger partial charge in [-0.25, -0.2) is 0 Å². The molecule has 1 amide bonds. The summed E-state index contributed by atoms with van der Waals surface area (Å²) < 4.78 is 1.74. The van der Waals surface area contributed by atoms with Crippen molar-refractivity contribution in [3.63, 3.8) is 0 Å². The van der Waals surface area contributed by atoms with Crippen LogP contribution in [0, 0.1) is 5.92 Å². The first kappa shape index (κ1) is 14.5. The number of halogens is 2. The Kier molecular flexibility index (Phi) is 4.62. The second kappa shape index (κ2) is 6.05. The van der Waals surface area contributed by atoms with Gasteiger partial charge in [0.25, 0.3) is 5.91 Å². The van der Waals surface area contributed by atoms with Crippen molar-refractivity contribution < 1.29 is 10.0 Å². The van der Waals surface area contributed by atoms with Gasteiger partial charge in [0, 0.05) is 39.9 Å². The Bertz CT molecular complexity index is 511. The molecule has 1 aromatic rings. The third-order valence-corrected chi connectivity index (χ3v) is 4.14. The number of amides is 1. The molecule has 0 aromatic heterocycles. The van der Waals surface area contributed by atoms with Crippen LogP contribution in [0.2, 0.25) is 0 Å². The van der Waals surface area contributed by atoms with Gasteiger partial charge in [-0.2, -0.15) is 0 Å². The molecule has 1 aliphatic rings. The van der Waals surface area contributed by atoms with E-state index in [2.05, 4.69) is 37.0 Å². The number of nitrogens with zero attached hydrogens (tertiary/aromatic N) is 2. The van der Waals surface area contributed by atoms with Gasteiger partial charge < -0.3 is 10.1 Å². The summed E-state index contributed by atoms with van der Waals surface area (Å²) in [5, 5.41) is 12.1. The van der Waals surface area contributed by atoms with E-state index in [1.165, 1.54) is 0 Å². The Morgan fingerprint density at radius 2 is 2.00 bits per heavy atom. The lowest BCUT2D eigenvalue weighted by Gasteiger charge is -2.31. The largest absolute Gasteiger partial charge is 0.411 e. The molecule has 2 rings (SSSR count). The van der Waals surface area contributed by atoms with Crippen molar-refractivity contribution >= 4 is 43.5 Å². The minimum Gasteiger partial charge on any atom is -0.411 e. The maximum atomic E-state index is 12.4. The minimum atomic E-state index is 0.00541. The van der Waals surface area contributed by atoms with Gasteiger partial charge in [-0.1, -0.05) is 43.9 Å². The lowest BCUT2D eigenvalue weighted by atomic mass is 9.97. The summed E-state index contributed by atoms with van der Waals surface area (Å²) >= 11 is 6.77. The van der Waals surface area contributed by atoms with Crippen molar-refractivity contribution in [1.29, 1.82) is 0 Å². The van der Waals surface area contributed by atoms with Gasteiger partial charge in [-0.05, 0) is 18.2 Å². The number of benzene rings is 1. The summed E-state index contributed by atoms with van der Waals surface area (Å²) in [6, 6.07) is 5.52. The summed E-state index contributed by atoms with van der Waals surface area (Å²) in [6.07, 6.45) is 0.624. The smallest absolute Gasteiger partial charge is 0.253 e. The second-order valence-corrected chi connectivity index (χ2v) is 6.48. The van der Waals surface area contributed by atoms with Crippen molar-refractivity contribution in [2.45, 2.75) is 13.3 Å². The topological polar surface area (TPSA) is 52.9 Å². The SMILES string of the molecule is CC1CN(C(=O)c2cc(Br)cc(Br)c2)CC/C1=N\O. The number of oxime groups is 1. The first-order valence-corrected chi connectivity index (χ1v) is 7.56. The summed E-state index contributed by atoms with van der Waals surface area (Å²) in [6.45, 7) is 3.14. The van der Waals surface area contributed by atoms with Crippen LogP contribution < -0.4 is 0 Å². The molecule has 0 bridgehead atoms. The third-order valence-electron chi connectivity index (χ3n) is 3.23. The van der Waals surface area contributed by atoms with E-state index >= 15 is 0 Å². The first-order chi connectivity index (χ1) is 9.01. The normalized spacial score (nSPS) is 21.7. The zero-order valence-corrected chi connectivity index (χ0v) is 13.6. The highest BCUT2D eigenvalue weighted by atomic mass is 79.9. The molecule has 1 heterocycles. The fraction of sp³-hybridized carbons (Fsp3) is 0.385. The third kappa shape index (κ3) is 3.36. The van der Waals surface area contributed by atoms with Gasteiger partial charge in [-0.15, -0.1) is 0 Å². The van der Waals surface area contributed by atoms with Crippen LogP contribution in [-0.4, -0.2) is 34.8 Å². The molecular weight excluding hydrogens is 376 g/mol. The predicted molar refractivity (Wildman–Crippen MR) is 80.7 cm³/mol. The Balaban J connectivity index is 2.16. The van der Waals surface area contributed by atoms with Gasteiger partial charge in [-0.3, -0.25) is 4.79 Å². The van der Waals surface area contributed by atoms with Crippen molar-refractivity contribution in [3.8, 4) is 0 Å². The fourth-order valence-corrected chi connectivity index (χ4v) is 3.51. The first-order valence-electron chi connectivity index (χ1n) is 5.97. The Labute approximate surface area is 128 Å². The van der Waals surface area contributed by atoms with Gasteiger partial charge in [0.15, 0.2) is 0 Å². The summed E-state index contributed by atoms with van der Waals surface area (Å²) in [5.41, 5.74) is 1.41. The molecule has 0 aliphatic carbocycles. The van der Waals surface area contributed by atoms with Crippen molar-refractivity contribution in [1.82, 2.24) is 4.90 Å². The molecule has 4 nitrogen and oxygen atoms in total. The fourth-order valence-electron chi connectivity index (χ4n) is 2.22. The molecule has 0 spiro atoms. The van der Waals surface area contributed by atoms with Gasteiger partial charge in [0.1, 0.15) is 0 Å². The number of hydrogen-bond donors (Lipinski definition) is 1. The zero-order chi connectivity index (χ0) is 14.0.